The lowest BCUT2D eigenvalue weighted by atomic mass is 10.1. The van der Waals surface area contributed by atoms with Crippen LogP contribution in [0.1, 0.15) is 37.0 Å². The fraction of sp³-hybridized carbons (Fsp3) is 0.476. The summed E-state index contributed by atoms with van der Waals surface area (Å²) in [5, 5.41) is 1.03. The maximum absolute atomic E-state index is 12.9. The first-order valence-electron chi connectivity index (χ1n) is 9.53. The Morgan fingerprint density at radius 2 is 2.12 bits per heavy atom. The predicted octanol–water partition coefficient (Wildman–Crippen LogP) is 2.95. The number of amides is 2. The van der Waals surface area contributed by atoms with E-state index in [2.05, 4.69) is 11.9 Å². The lowest BCUT2D eigenvalue weighted by Crippen LogP contribution is -2.43. The van der Waals surface area contributed by atoms with Crippen molar-refractivity contribution in [1.82, 2.24) is 14.8 Å². The lowest BCUT2D eigenvalue weighted by Gasteiger charge is -2.28. The molecule has 0 bridgehead atoms. The predicted molar refractivity (Wildman–Crippen MR) is 101 cm³/mol. The van der Waals surface area contributed by atoms with Gasteiger partial charge in [0.05, 0.1) is 11.6 Å². The van der Waals surface area contributed by atoms with E-state index in [1.807, 2.05) is 47.1 Å². The smallest absolute Gasteiger partial charge is 0.254 e. The van der Waals surface area contributed by atoms with Gasteiger partial charge in [-0.3, -0.25) is 14.6 Å². The molecule has 5 nitrogen and oxygen atoms in total. The Morgan fingerprint density at radius 3 is 2.85 bits per heavy atom. The van der Waals surface area contributed by atoms with Crippen LogP contribution in [0.5, 0.6) is 0 Å². The highest BCUT2D eigenvalue weighted by Crippen LogP contribution is 2.40. The summed E-state index contributed by atoms with van der Waals surface area (Å²) >= 11 is 0. The zero-order valence-corrected chi connectivity index (χ0v) is 15.4. The van der Waals surface area contributed by atoms with Crippen molar-refractivity contribution < 1.29 is 9.59 Å². The molecule has 0 spiro atoms. The first-order valence-corrected chi connectivity index (χ1v) is 9.53. The van der Waals surface area contributed by atoms with E-state index < -0.39 is 0 Å². The van der Waals surface area contributed by atoms with Gasteiger partial charge < -0.3 is 9.80 Å². The molecule has 2 aromatic rings. The molecule has 1 aromatic carbocycles. The number of pyridine rings is 1. The Morgan fingerprint density at radius 1 is 1.31 bits per heavy atom. The van der Waals surface area contributed by atoms with Gasteiger partial charge in [-0.2, -0.15) is 0 Å². The van der Waals surface area contributed by atoms with Crippen LogP contribution in [0.2, 0.25) is 0 Å². The summed E-state index contributed by atoms with van der Waals surface area (Å²) in [4.78, 5) is 33.8. The van der Waals surface area contributed by atoms with Crippen molar-refractivity contribution in [2.24, 2.45) is 11.8 Å². The first kappa shape index (κ1) is 17.0. The monoisotopic (exact) mass is 351 g/mol. The van der Waals surface area contributed by atoms with E-state index >= 15 is 0 Å². The molecule has 3 atom stereocenters. The number of carbonyl (C=O) groups excluding carboxylic acids is 2. The summed E-state index contributed by atoms with van der Waals surface area (Å²) in [7, 11) is 0. The Kier molecular flexibility index (Phi) is 4.39. The summed E-state index contributed by atoms with van der Waals surface area (Å²) in [6.45, 7) is 6.21. The van der Waals surface area contributed by atoms with E-state index in [-0.39, 0.29) is 23.8 Å². The summed E-state index contributed by atoms with van der Waals surface area (Å²) in [5.41, 5.74) is 1.50. The molecule has 2 amide bonds. The number of nitrogens with zero attached hydrogens (tertiary/aromatic N) is 3. The van der Waals surface area contributed by atoms with Gasteiger partial charge in [0.2, 0.25) is 5.91 Å². The number of aromatic nitrogens is 1. The van der Waals surface area contributed by atoms with Crippen LogP contribution in [-0.4, -0.2) is 52.3 Å². The number of rotatable bonds is 4. The highest BCUT2D eigenvalue weighted by Gasteiger charge is 2.43. The largest absolute Gasteiger partial charge is 0.338 e. The van der Waals surface area contributed by atoms with Crippen molar-refractivity contribution in [3.8, 4) is 0 Å². The number of hydrogen-bond acceptors (Lipinski definition) is 3. The number of fused-ring (bicyclic) bond motifs is 1. The molecule has 1 saturated heterocycles. The average Bonchev–Trinajstić information content (AvgIpc) is 3.20. The minimum absolute atomic E-state index is 0.0309. The molecule has 4 rings (SSSR count). The Hall–Kier alpha value is -2.43. The average molecular weight is 351 g/mol. The van der Waals surface area contributed by atoms with Crippen molar-refractivity contribution in [2.45, 2.75) is 32.7 Å². The third kappa shape index (κ3) is 3.06. The summed E-state index contributed by atoms with van der Waals surface area (Å²) in [5.74, 6) is 1.02. The van der Waals surface area contributed by atoms with Gasteiger partial charge in [0.1, 0.15) is 0 Å². The third-order valence-corrected chi connectivity index (χ3v) is 5.79. The minimum Gasteiger partial charge on any atom is -0.338 e. The van der Waals surface area contributed by atoms with E-state index in [1.54, 1.807) is 6.20 Å². The van der Waals surface area contributed by atoms with Crippen LogP contribution >= 0.6 is 0 Å². The highest BCUT2D eigenvalue weighted by molar-refractivity contribution is 5.98. The zero-order valence-electron chi connectivity index (χ0n) is 15.4. The van der Waals surface area contributed by atoms with Crippen LogP contribution in [0.3, 0.4) is 0 Å². The van der Waals surface area contributed by atoms with Gasteiger partial charge >= 0.3 is 0 Å². The van der Waals surface area contributed by atoms with E-state index in [9.17, 15) is 9.59 Å². The molecule has 26 heavy (non-hydrogen) atoms. The molecule has 2 fully saturated rings. The first-order chi connectivity index (χ1) is 12.6. The van der Waals surface area contributed by atoms with Crippen LogP contribution in [0.15, 0.2) is 36.5 Å². The van der Waals surface area contributed by atoms with Crippen molar-refractivity contribution in [3.05, 3.63) is 42.1 Å². The Labute approximate surface area is 154 Å². The molecule has 3 unspecified atom stereocenters. The van der Waals surface area contributed by atoms with E-state index in [0.717, 1.165) is 23.7 Å². The molecule has 1 aromatic heterocycles. The number of likely N-dealkylation sites (tertiary alicyclic amines) is 1. The van der Waals surface area contributed by atoms with Crippen molar-refractivity contribution >= 4 is 22.7 Å². The molecule has 1 aliphatic carbocycles. The molecule has 0 radical (unpaired) electrons. The Bertz CT molecular complexity index is 850. The van der Waals surface area contributed by atoms with Crippen LogP contribution in [0, 0.1) is 11.8 Å². The quantitative estimate of drug-likeness (QED) is 0.851. The second-order valence-electron chi connectivity index (χ2n) is 7.55. The molecule has 136 valence electrons. The van der Waals surface area contributed by atoms with Crippen LogP contribution in [-0.2, 0) is 4.79 Å². The number of hydrogen-bond donors (Lipinski definition) is 0. The topological polar surface area (TPSA) is 53.5 Å². The van der Waals surface area contributed by atoms with E-state index in [4.69, 9.17) is 0 Å². The second kappa shape index (κ2) is 6.71. The second-order valence-corrected chi connectivity index (χ2v) is 7.55. The van der Waals surface area contributed by atoms with Gasteiger partial charge in [-0.15, -0.1) is 0 Å². The van der Waals surface area contributed by atoms with Gasteiger partial charge in [-0.25, -0.2) is 0 Å². The Balaban J connectivity index is 1.46. The summed E-state index contributed by atoms with van der Waals surface area (Å²) in [6, 6.07) is 9.70. The van der Waals surface area contributed by atoms with Gasteiger partial charge in [0, 0.05) is 42.7 Å². The van der Waals surface area contributed by atoms with Gasteiger partial charge in [0.15, 0.2) is 0 Å². The third-order valence-electron chi connectivity index (χ3n) is 5.79. The van der Waals surface area contributed by atoms with E-state index in [0.29, 0.717) is 31.1 Å². The van der Waals surface area contributed by atoms with Crippen molar-refractivity contribution in [3.63, 3.8) is 0 Å². The standard InChI is InChI=1S/C21H25N3O2/c1-3-24(21(26)18-11-14(18)2)17-8-10-23(13-17)20(25)16-7-6-15-5-4-9-22-19(15)12-16/h4-7,9,12,14,17-18H,3,8,10-11,13H2,1-2H3. The highest BCUT2D eigenvalue weighted by atomic mass is 16.2. The maximum atomic E-state index is 12.9. The van der Waals surface area contributed by atoms with Gasteiger partial charge in [-0.05, 0) is 43.9 Å². The maximum Gasteiger partial charge on any atom is 0.254 e. The molecule has 0 N–H and O–H groups in total. The molecular weight excluding hydrogens is 326 g/mol. The van der Waals surface area contributed by atoms with Crippen molar-refractivity contribution in [2.75, 3.05) is 19.6 Å². The van der Waals surface area contributed by atoms with E-state index in [1.165, 1.54) is 0 Å². The lowest BCUT2D eigenvalue weighted by molar-refractivity contribution is -0.134. The zero-order chi connectivity index (χ0) is 18.3. The molecule has 1 saturated carbocycles. The molecule has 2 heterocycles. The molecule has 1 aliphatic heterocycles. The number of benzene rings is 1. The van der Waals surface area contributed by atoms with Crippen LogP contribution in [0.25, 0.3) is 10.9 Å². The number of carbonyl (C=O) groups is 2. The summed E-state index contributed by atoms with van der Waals surface area (Å²) in [6.07, 6.45) is 3.61. The van der Waals surface area contributed by atoms with Gasteiger partial charge in [0.25, 0.3) is 5.91 Å². The SMILES string of the molecule is CCN(C(=O)C1CC1C)C1CCN(C(=O)c2ccc3cccnc3c2)C1. The minimum atomic E-state index is 0.0309. The normalized spacial score (nSPS) is 24.7. The van der Waals surface area contributed by atoms with Crippen molar-refractivity contribution in [1.29, 1.82) is 0 Å². The molecule has 5 heteroatoms. The van der Waals surface area contributed by atoms with Crippen LogP contribution in [0.4, 0.5) is 0 Å². The van der Waals surface area contributed by atoms with Gasteiger partial charge in [-0.1, -0.05) is 19.1 Å². The fourth-order valence-electron chi connectivity index (χ4n) is 4.04. The van der Waals surface area contributed by atoms with Crippen LogP contribution < -0.4 is 0 Å². The number of likely N-dealkylation sites (N-methyl/N-ethyl adjacent to an activating group) is 1. The summed E-state index contributed by atoms with van der Waals surface area (Å²) < 4.78 is 0. The fourth-order valence-corrected chi connectivity index (χ4v) is 4.04. The molecular formula is C21H25N3O2. The molecule has 2 aliphatic rings.